The van der Waals surface area contributed by atoms with Crippen LogP contribution in [-0.2, 0) is 11.8 Å². The Hall–Kier alpha value is -3.56. The molecule has 0 bridgehead atoms. The van der Waals surface area contributed by atoms with E-state index in [1.54, 1.807) is 36.3 Å². The van der Waals surface area contributed by atoms with Crippen LogP contribution in [0.15, 0.2) is 29.2 Å². The molecule has 3 aromatic heterocycles. The molecule has 0 aliphatic carbocycles. The van der Waals surface area contributed by atoms with Crippen LogP contribution in [0.3, 0.4) is 0 Å². The first kappa shape index (κ1) is 17.5. The molecule has 5 heterocycles. The molecule has 5 rings (SSSR count). The standard InChI is InChI=1S/C19H21N7O3/c1-12(27)25-11-26(13-5-8-24-16(9-13)21-22(2)19(24)29)17-15(25)10-14(20-17)18(28)23-6-3-4-7-23/h5,8-10,20H,3-4,6-7,11H2,1-2H3. The van der Waals surface area contributed by atoms with Gasteiger partial charge in [0.1, 0.15) is 18.2 Å². The molecular formula is C19H21N7O3. The van der Waals surface area contributed by atoms with Crippen LogP contribution in [0.4, 0.5) is 17.2 Å². The minimum absolute atomic E-state index is 0.0490. The van der Waals surface area contributed by atoms with Crippen molar-refractivity contribution < 1.29 is 9.59 Å². The number of hydrogen-bond acceptors (Lipinski definition) is 5. The molecule has 10 nitrogen and oxygen atoms in total. The minimum Gasteiger partial charge on any atom is -0.337 e. The second-order valence-corrected chi connectivity index (χ2v) is 7.45. The third-order valence-corrected chi connectivity index (χ3v) is 5.59. The smallest absolute Gasteiger partial charge is 0.337 e. The summed E-state index contributed by atoms with van der Waals surface area (Å²) in [6.45, 7) is 3.34. The third-order valence-electron chi connectivity index (χ3n) is 5.59. The van der Waals surface area contributed by atoms with Gasteiger partial charge in [-0.05, 0) is 25.0 Å². The molecule has 150 valence electrons. The van der Waals surface area contributed by atoms with Gasteiger partial charge in [-0.3, -0.25) is 18.9 Å². The number of rotatable bonds is 2. The summed E-state index contributed by atoms with van der Waals surface area (Å²) in [5, 5.41) is 4.23. The monoisotopic (exact) mass is 395 g/mol. The molecule has 0 spiro atoms. The van der Waals surface area contributed by atoms with Crippen molar-refractivity contribution in [1.29, 1.82) is 0 Å². The molecule has 2 aliphatic rings. The lowest BCUT2D eigenvalue weighted by Crippen LogP contribution is -2.33. The van der Waals surface area contributed by atoms with Crippen molar-refractivity contribution in [2.75, 3.05) is 29.6 Å². The number of aryl methyl sites for hydroxylation is 1. The van der Waals surface area contributed by atoms with E-state index < -0.39 is 0 Å². The number of pyridine rings is 1. The molecule has 0 atom stereocenters. The number of H-pyrrole nitrogens is 1. The van der Waals surface area contributed by atoms with Gasteiger partial charge in [0, 0.05) is 45.0 Å². The van der Waals surface area contributed by atoms with Crippen LogP contribution in [0.5, 0.6) is 0 Å². The van der Waals surface area contributed by atoms with Crippen LogP contribution in [0.25, 0.3) is 5.65 Å². The zero-order valence-electron chi connectivity index (χ0n) is 16.3. The van der Waals surface area contributed by atoms with Gasteiger partial charge in [0.2, 0.25) is 5.91 Å². The number of hydrogen-bond donors (Lipinski definition) is 1. The number of aromatic nitrogens is 4. The Kier molecular flexibility index (Phi) is 3.76. The summed E-state index contributed by atoms with van der Waals surface area (Å²) in [5.74, 6) is 0.528. The Morgan fingerprint density at radius 1 is 1.17 bits per heavy atom. The van der Waals surface area contributed by atoms with Crippen LogP contribution >= 0.6 is 0 Å². The number of anilines is 3. The van der Waals surface area contributed by atoms with Gasteiger partial charge in [0.15, 0.2) is 5.65 Å². The summed E-state index contributed by atoms with van der Waals surface area (Å²) in [4.78, 5) is 45.7. The van der Waals surface area contributed by atoms with E-state index >= 15 is 0 Å². The Labute approximate surface area is 165 Å². The van der Waals surface area contributed by atoms with E-state index in [9.17, 15) is 14.4 Å². The Morgan fingerprint density at radius 2 is 1.93 bits per heavy atom. The first-order chi connectivity index (χ1) is 13.9. The quantitative estimate of drug-likeness (QED) is 0.700. The average molecular weight is 395 g/mol. The van der Waals surface area contributed by atoms with Crippen molar-refractivity contribution in [3.05, 3.63) is 40.6 Å². The zero-order valence-corrected chi connectivity index (χ0v) is 16.3. The van der Waals surface area contributed by atoms with Gasteiger partial charge >= 0.3 is 5.69 Å². The normalized spacial score (nSPS) is 16.1. The maximum Gasteiger partial charge on any atom is 0.350 e. The second kappa shape index (κ2) is 6.23. The highest BCUT2D eigenvalue weighted by Crippen LogP contribution is 2.41. The van der Waals surface area contributed by atoms with E-state index in [4.69, 9.17) is 0 Å². The van der Waals surface area contributed by atoms with E-state index in [0.717, 1.165) is 31.6 Å². The molecule has 0 saturated carbocycles. The summed E-state index contributed by atoms with van der Waals surface area (Å²) >= 11 is 0. The highest BCUT2D eigenvalue weighted by atomic mass is 16.2. The van der Waals surface area contributed by atoms with Crippen LogP contribution in [0.2, 0.25) is 0 Å². The maximum atomic E-state index is 12.8. The minimum atomic E-state index is -0.225. The molecule has 1 fully saturated rings. The molecule has 0 unspecified atom stereocenters. The van der Waals surface area contributed by atoms with Crippen molar-refractivity contribution in [2.24, 2.45) is 7.05 Å². The maximum absolute atomic E-state index is 12.8. The van der Waals surface area contributed by atoms with Crippen molar-refractivity contribution in [1.82, 2.24) is 24.1 Å². The molecule has 0 aromatic carbocycles. The fourth-order valence-corrected chi connectivity index (χ4v) is 4.05. The number of aromatic amines is 1. The van der Waals surface area contributed by atoms with Gasteiger partial charge in [0.25, 0.3) is 5.91 Å². The van der Waals surface area contributed by atoms with E-state index in [1.165, 1.54) is 16.0 Å². The fraction of sp³-hybridized carbons (Fsp3) is 0.368. The molecule has 1 saturated heterocycles. The van der Waals surface area contributed by atoms with Crippen LogP contribution in [-0.4, -0.2) is 55.6 Å². The molecule has 29 heavy (non-hydrogen) atoms. The summed E-state index contributed by atoms with van der Waals surface area (Å²) < 4.78 is 2.73. The summed E-state index contributed by atoms with van der Waals surface area (Å²) in [7, 11) is 1.60. The van der Waals surface area contributed by atoms with E-state index in [2.05, 4.69) is 10.1 Å². The summed E-state index contributed by atoms with van der Waals surface area (Å²) in [6.07, 6.45) is 3.69. The predicted molar refractivity (Wildman–Crippen MR) is 107 cm³/mol. The van der Waals surface area contributed by atoms with E-state index in [0.29, 0.717) is 29.5 Å². The molecule has 2 amide bonds. The van der Waals surface area contributed by atoms with Crippen molar-refractivity contribution in [3.8, 4) is 0 Å². The number of carbonyl (C=O) groups is 2. The summed E-state index contributed by atoms with van der Waals surface area (Å²) in [6, 6.07) is 5.34. The van der Waals surface area contributed by atoms with Crippen molar-refractivity contribution >= 4 is 34.7 Å². The topological polar surface area (TPSA) is 99.0 Å². The number of nitrogens with one attached hydrogen (secondary N) is 1. The lowest BCUT2D eigenvalue weighted by molar-refractivity contribution is -0.116. The van der Waals surface area contributed by atoms with E-state index in [-0.39, 0.29) is 17.5 Å². The molecule has 1 N–H and O–H groups in total. The third kappa shape index (κ3) is 2.63. The van der Waals surface area contributed by atoms with Crippen LogP contribution in [0, 0.1) is 0 Å². The molecule has 2 aliphatic heterocycles. The fourth-order valence-electron chi connectivity index (χ4n) is 4.05. The Bertz CT molecular complexity index is 1200. The number of nitrogens with zero attached hydrogens (tertiary/aromatic N) is 6. The predicted octanol–water partition coefficient (Wildman–Crippen LogP) is 1.06. The Morgan fingerprint density at radius 3 is 2.66 bits per heavy atom. The van der Waals surface area contributed by atoms with Crippen LogP contribution < -0.4 is 15.5 Å². The summed E-state index contributed by atoms with van der Waals surface area (Å²) in [5.41, 5.74) is 2.21. The molecule has 10 heteroatoms. The first-order valence-corrected chi connectivity index (χ1v) is 9.57. The van der Waals surface area contributed by atoms with Gasteiger partial charge in [-0.15, -0.1) is 0 Å². The number of carbonyl (C=O) groups excluding carboxylic acids is 2. The first-order valence-electron chi connectivity index (χ1n) is 9.57. The largest absolute Gasteiger partial charge is 0.350 e. The molecule has 0 radical (unpaired) electrons. The van der Waals surface area contributed by atoms with Gasteiger partial charge in [0.05, 0.1) is 5.69 Å². The Balaban J connectivity index is 1.56. The second-order valence-electron chi connectivity index (χ2n) is 7.45. The van der Waals surface area contributed by atoms with Gasteiger partial charge < -0.3 is 14.8 Å². The van der Waals surface area contributed by atoms with Crippen molar-refractivity contribution in [2.45, 2.75) is 19.8 Å². The number of fused-ring (bicyclic) bond motifs is 2. The highest BCUT2D eigenvalue weighted by molar-refractivity contribution is 6.03. The molecule has 3 aromatic rings. The number of amides is 2. The van der Waals surface area contributed by atoms with Crippen LogP contribution in [0.1, 0.15) is 30.3 Å². The van der Waals surface area contributed by atoms with Gasteiger partial charge in [-0.25, -0.2) is 9.48 Å². The SMILES string of the molecule is CC(=O)N1CN(c2ccn3c(=O)n(C)nc3c2)c2[nH]c(C(=O)N3CCCC3)cc21. The average Bonchev–Trinajstić information content (AvgIpc) is 3.45. The molecular weight excluding hydrogens is 374 g/mol. The zero-order chi connectivity index (χ0) is 20.3. The highest BCUT2D eigenvalue weighted by Gasteiger charge is 2.34. The lowest BCUT2D eigenvalue weighted by Gasteiger charge is -2.21. The van der Waals surface area contributed by atoms with Gasteiger partial charge in [-0.2, -0.15) is 5.10 Å². The number of likely N-dealkylation sites (tertiary alicyclic amines) is 1. The lowest BCUT2D eigenvalue weighted by atomic mass is 10.3. The van der Waals surface area contributed by atoms with Crippen molar-refractivity contribution in [3.63, 3.8) is 0 Å². The van der Waals surface area contributed by atoms with E-state index in [1.807, 2.05) is 9.80 Å². The van der Waals surface area contributed by atoms with Gasteiger partial charge in [-0.1, -0.05) is 0 Å².